The van der Waals surface area contributed by atoms with Crippen LogP contribution in [0.1, 0.15) is 34.7 Å². The lowest BCUT2D eigenvalue weighted by Crippen LogP contribution is -2.17. The van der Waals surface area contributed by atoms with E-state index in [0.717, 1.165) is 17.7 Å². The quantitative estimate of drug-likeness (QED) is 0.818. The first-order valence-corrected chi connectivity index (χ1v) is 5.63. The molecular formula is C13H22N2O. The van der Waals surface area contributed by atoms with Crippen LogP contribution in [0.5, 0.6) is 5.75 Å². The van der Waals surface area contributed by atoms with E-state index >= 15 is 0 Å². The molecule has 0 fully saturated rings. The normalized spacial score (nSPS) is 12.6. The van der Waals surface area contributed by atoms with Gasteiger partial charge >= 0.3 is 0 Å². The van der Waals surface area contributed by atoms with Crippen molar-refractivity contribution >= 4 is 0 Å². The maximum atomic E-state index is 6.11. The first kappa shape index (κ1) is 13.0. The molecule has 1 aromatic carbocycles. The Morgan fingerprint density at radius 2 is 1.88 bits per heavy atom. The van der Waals surface area contributed by atoms with Gasteiger partial charge in [0, 0.05) is 6.04 Å². The highest BCUT2D eigenvalue weighted by Crippen LogP contribution is 2.31. The zero-order chi connectivity index (χ0) is 12.3. The van der Waals surface area contributed by atoms with Crippen molar-refractivity contribution < 1.29 is 4.74 Å². The topological polar surface area (TPSA) is 61.3 Å². The summed E-state index contributed by atoms with van der Waals surface area (Å²) in [7, 11) is 1.70. The van der Waals surface area contributed by atoms with Crippen LogP contribution in [0, 0.1) is 20.8 Å². The molecule has 1 rings (SSSR count). The number of methoxy groups -OCH3 is 1. The van der Waals surface area contributed by atoms with E-state index in [4.69, 9.17) is 16.2 Å². The van der Waals surface area contributed by atoms with Crippen molar-refractivity contribution in [2.24, 2.45) is 11.5 Å². The predicted molar refractivity (Wildman–Crippen MR) is 67.8 cm³/mol. The largest absolute Gasteiger partial charge is 0.496 e. The predicted octanol–water partition coefficient (Wildman–Crippen LogP) is 1.97. The number of hydrogen-bond donors (Lipinski definition) is 2. The third-order valence-electron chi connectivity index (χ3n) is 3.15. The smallest absolute Gasteiger partial charge is 0.124 e. The minimum atomic E-state index is 0.0216. The highest BCUT2D eigenvalue weighted by atomic mass is 16.5. The van der Waals surface area contributed by atoms with Crippen LogP contribution >= 0.6 is 0 Å². The van der Waals surface area contributed by atoms with Crippen LogP contribution in [0.3, 0.4) is 0 Å². The number of rotatable bonds is 4. The van der Waals surface area contributed by atoms with Crippen molar-refractivity contribution in [2.45, 2.75) is 33.2 Å². The van der Waals surface area contributed by atoms with Gasteiger partial charge in [0.25, 0.3) is 0 Å². The molecule has 90 valence electrons. The molecule has 0 spiro atoms. The first-order chi connectivity index (χ1) is 7.52. The summed E-state index contributed by atoms with van der Waals surface area (Å²) in [6.45, 7) is 6.82. The van der Waals surface area contributed by atoms with E-state index in [-0.39, 0.29) is 6.04 Å². The van der Waals surface area contributed by atoms with Crippen molar-refractivity contribution in [3.05, 3.63) is 28.3 Å². The van der Waals surface area contributed by atoms with Gasteiger partial charge in [-0.3, -0.25) is 0 Å². The molecule has 4 N–H and O–H groups in total. The molecule has 0 radical (unpaired) electrons. The average molecular weight is 222 g/mol. The number of nitrogens with two attached hydrogens (primary N) is 2. The molecule has 0 aliphatic heterocycles. The number of ether oxygens (including phenoxy) is 1. The third-order valence-corrected chi connectivity index (χ3v) is 3.15. The summed E-state index contributed by atoms with van der Waals surface area (Å²) < 4.78 is 5.39. The summed E-state index contributed by atoms with van der Waals surface area (Å²) in [5.41, 5.74) is 16.4. The maximum Gasteiger partial charge on any atom is 0.124 e. The monoisotopic (exact) mass is 222 g/mol. The molecule has 1 unspecified atom stereocenters. The highest BCUT2D eigenvalue weighted by Gasteiger charge is 2.14. The van der Waals surface area contributed by atoms with E-state index in [1.165, 1.54) is 16.7 Å². The molecule has 0 aromatic heterocycles. The molecule has 1 aromatic rings. The lowest BCUT2D eigenvalue weighted by molar-refractivity contribution is 0.407. The second kappa shape index (κ2) is 5.32. The van der Waals surface area contributed by atoms with E-state index < -0.39 is 0 Å². The van der Waals surface area contributed by atoms with Crippen LogP contribution in [-0.4, -0.2) is 13.7 Å². The van der Waals surface area contributed by atoms with Gasteiger partial charge in [0.05, 0.1) is 7.11 Å². The van der Waals surface area contributed by atoms with E-state index in [1.54, 1.807) is 7.11 Å². The molecule has 0 heterocycles. The second-order valence-electron chi connectivity index (χ2n) is 4.25. The van der Waals surface area contributed by atoms with Crippen molar-refractivity contribution in [3.8, 4) is 5.75 Å². The summed E-state index contributed by atoms with van der Waals surface area (Å²) in [4.78, 5) is 0. The zero-order valence-corrected chi connectivity index (χ0v) is 10.6. The van der Waals surface area contributed by atoms with Gasteiger partial charge in [-0.2, -0.15) is 0 Å². The Kier molecular flexibility index (Phi) is 4.33. The third kappa shape index (κ3) is 2.36. The number of aryl methyl sites for hydroxylation is 1. The van der Waals surface area contributed by atoms with Gasteiger partial charge in [-0.05, 0) is 56.0 Å². The minimum Gasteiger partial charge on any atom is -0.496 e. The fraction of sp³-hybridized carbons (Fsp3) is 0.538. The van der Waals surface area contributed by atoms with Crippen LogP contribution in [0.15, 0.2) is 6.07 Å². The molecule has 0 saturated heterocycles. The summed E-state index contributed by atoms with van der Waals surface area (Å²) in [5, 5.41) is 0. The van der Waals surface area contributed by atoms with Crippen molar-refractivity contribution in [1.29, 1.82) is 0 Å². The molecule has 16 heavy (non-hydrogen) atoms. The molecular weight excluding hydrogens is 200 g/mol. The van der Waals surface area contributed by atoms with E-state index in [1.807, 2.05) is 6.92 Å². The van der Waals surface area contributed by atoms with Crippen molar-refractivity contribution in [3.63, 3.8) is 0 Å². The van der Waals surface area contributed by atoms with Crippen LogP contribution in [-0.2, 0) is 0 Å². The van der Waals surface area contributed by atoms with Crippen molar-refractivity contribution in [1.82, 2.24) is 0 Å². The molecule has 1 atom stereocenters. The molecule has 0 aliphatic carbocycles. The van der Waals surface area contributed by atoms with Crippen molar-refractivity contribution in [2.75, 3.05) is 13.7 Å². The zero-order valence-electron chi connectivity index (χ0n) is 10.6. The van der Waals surface area contributed by atoms with Gasteiger partial charge in [0.1, 0.15) is 5.75 Å². The average Bonchev–Trinajstić information content (AvgIpc) is 2.24. The minimum absolute atomic E-state index is 0.0216. The van der Waals surface area contributed by atoms with Crippen LogP contribution in [0.25, 0.3) is 0 Å². The molecule has 3 heteroatoms. The Labute approximate surface area is 97.8 Å². The fourth-order valence-corrected chi connectivity index (χ4v) is 2.12. The summed E-state index contributed by atoms with van der Waals surface area (Å²) in [5.74, 6) is 0.959. The second-order valence-corrected chi connectivity index (χ2v) is 4.25. The summed E-state index contributed by atoms with van der Waals surface area (Å²) in [6.07, 6.45) is 0.812. The van der Waals surface area contributed by atoms with Gasteiger partial charge < -0.3 is 16.2 Å². The standard InChI is InChI=1S/C13H22N2O/c1-8-7-11(12(15)5-6-14)9(2)10(3)13(8)16-4/h7,12H,5-6,14-15H2,1-4H3. The van der Waals surface area contributed by atoms with Crippen LogP contribution in [0.2, 0.25) is 0 Å². The Balaban J connectivity index is 3.22. The van der Waals surface area contributed by atoms with Gasteiger partial charge in [-0.1, -0.05) is 6.07 Å². The first-order valence-electron chi connectivity index (χ1n) is 5.63. The number of benzene rings is 1. The van der Waals surface area contributed by atoms with Crippen LogP contribution in [0.4, 0.5) is 0 Å². The lowest BCUT2D eigenvalue weighted by Gasteiger charge is -2.19. The van der Waals surface area contributed by atoms with Crippen LogP contribution < -0.4 is 16.2 Å². The van der Waals surface area contributed by atoms with Gasteiger partial charge in [0.2, 0.25) is 0 Å². The Morgan fingerprint density at radius 3 is 2.38 bits per heavy atom. The Morgan fingerprint density at radius 1 is 1.25 bits per heavy atom. The Hall–Kier alpha value is -1.06. The van der Waals surface area contributed by atoms with E-state index in [2.05, 4.69) is 19.9 Å². The molecule has 0 saturated carbocycles. The summed E-state index contributed by atoms with van der Waals surface area (Å²) in [6, 6.07) is 2.13. The van der Waals surface area contributed by atoms with E-state index in [0.29, 0.717) is 6.54 Å². The lowest BCUT2D eigenvalue weighted by atomic mass is 9.93. The molecule has 3 nitrogen and oxygen atoms in total. The molecule has 0 aliphatic rings. The van der Waals surface area contributed by atoms with E-state index in [9.17, 15) is 0 Å². The maximum absolute atomic E-state index is 6.11. The highest BCUT2D eigenvalue weighted by molar-refractivity contribution is 5.49. The SMILES string of the molecule is COc1c(C)cc(C(N)CCN)c(C)c1C. The molecule has 0 bridgehead atoms. The van der Waals surface area contributed by atoms with Gasteiger partial charge in [0.15, 0.2) is 0 Å². The molecule has 0 amide bonds. The summed E-state index contributed by atoms with van der Waals surface area (Å²) >= 11 is 0. The number of hydrogen-bond acceptors (Lipinski definition) is 3. The Bertz CT molecular complexity index is 375. The van der Waals surface area contributed by atoms with Gasteiger partial charge in [-0.25, -0.2) is 0 Å². The fourth-order valence-electron chi connectivity index (χ4n) is 2.12. The van der Waals surface area contributed by atoms with Gasteiger partial charge in [-0.15, -0.1) is 0 Å².